The summed E-state index contributed by atoms with van der Waals surface area (Å²) >= 11 is 0. The average Bonchev–Trinajstić information content (AvgIpc) is 3.15. The Kier molecular flexibility index (Phi) is 4.51. The van der Waals surface area contributed by atoms with Crippen molar-refractivity contribution in [2.75, 3.05) is 18.0 Å². The molecule has 3 heterocycles. The van der Waals surface area contributed by atoms with Gasteiger partial charge in [0, 0.05) is 30.5 Å². The Balaban J connectivity index is 1.76. The van der Waals surface area contributed by atoms with Crippen molar-refractivity contribution in [1.82, 2.24) is 14.5 Å². The molecule has 0 saturated carbocycles. The lowest BCUT2D eigenvalue weighted by atomic mass is 9.99. The number of fused-ring (bicyclic) bond motifs is 1. The van der Waals surface area contributed by atoms with Crippen LogP contribution in [-0.4, -0.2) is 27.6 Å². The number of rotatable bonds is 3. The average molecular weight is 386 g/mol. The molecule has 5 heteroatoms. The third-order valence-electron chi connectivity index (χ3n) is 5.71. The van der Waals surface area contributed by atoms with Crippen LogP contribution in [0.2, 0.25) is 0 Å². The number of piperidine rings is 1. The van der Waals surface area contributed by atoms with Gasteiger partial charge in [0.05, 0.1) is 5.39 Å². The molecule has 29 heavy (non-hydrogen) atoms. The number of benzene rings is 2. The Morgan fingerprint density at radius 2 is 1.79 bits per heavy atom. The summed E-state index contributed by atoms with van der Waals surface area (Å²) in [6, 6.07) is 16.9. The van der Waals surface area contributed by atoms with E-state index in [2.05, 4.69) is 35.1 Å². The first-order valence-corrected chi connectivity index (χ1v) is 10.1. The topological polar surface area (TPSA) is 34.0 Å². The molecule has 0 radical (unpaired) electrons. The second-order valence-corrected chi connectivity index (χ2v) is 7.84. The van der Waals surface area contributed by atoms with Gasteiger partial charge in [-0.15, -0.1) is 0 Å². The van der Waals surface area contributed by atoms with Crippen molar-refractivity contribution in [2.45, 2.75) is 19.8 Å². The molecule has 5 rings (SSSR count). The maximum Gasteiger partial charge on any atom is 0.150 e. The van der Waals surface area contributed by atoms with E-state index in [0.717, 1.165) is 46.8 Å². The third-order valence-corrected chi connectivity index (χ3v) is 5.71. The molecule has 1 aliphatic rings. The fourth-order valence-corrected chi connectivity index (χ4v) is 4.30. The van der Waals surface area contributed by atoms with E-state index in [1.165, 1.54) is 25.0 Å². The monoisotopic (exact) mass is 386 g/mol. The van der Waals surface area contributed by atoms with E-state index in [1.54, 1.807) is 18.5 Å². The maximum atomic E-state index is 13.5. The van der Waals surface area contributed by atoms with Crippen LogP contribution in [0.25, 0.3) is 27.8 Å². The van der Waals surface area contributed by atoms with Gasteiger partial charge in [-0.3, -0.25) is 0 Å². The summed E-state index contributed by atoms with van der Waals surface area (Å²) in [5, 5.41) is 1.05. The van der Waals surface area contributed by atoms with Crippen LogP contribution >= 0.6 is 0 Å². The van der Waals surface area contributed by atoms with Gasteiger partial charge in [0.1, 0.15) is 18.0 Å². The molecule has 1 atom stereocenters. The van der Waals surface area contributed by atoms with Gasteiger partial charge in [-0.1, -0.05) is 37.3 Å². The summed E-state index contributed by atoms with van der Waals surface area (Å²) in [4.78, 5) is 11.7. The molecule has 146 valence electrons. The van der Waals surface area contributed by atoms with E-state index < -0.39 is 0 Å². The first kappa shape index (κ1) is 17.9. The largest absolute Gasteiger partial charge is 0.356 e. The molecule has 1 fully saturated rings. The normalized spacial score (nSPS) is 17.0. The van der Waals surface area contributed by atoms with E-state index >= 15 is 0 Å². The van der Waals surface area contributed by atoms with Crippen molar-refractivity contribution < 1.29 is 4.39 Å². The predicted molar refractivity (Wildman–Crippen MR) is 115 cm³/mol. The number of aromatic nitrogens is 3. The van der Waals surface area contributed by atoms with Crippen molar-refractivity contribution in [2.24, 2.45) is 5.92 Å². The molecule has 4 aromatic rings. The Labute approximate surface area is 169 Å². The summed E-state index contributed by atoms with van der Waals surface area (Å²) in [5.74, 6) is 1.39. The SMILES string of the molecule is CC1CCCN(c2ncnc3c2c(-c2ccccc2)cn3-c2ccc(F)cc2)C1. The molecule has 0 amide bonds. The third kappa shape index (κ3) is 3.27. The van der Waals surface area contributed by atoms with Crippen molar-refractivity contribution in [3.63, 3.8) is 0 Å². The van der Waals surface area contributed by atoms with Crippen molar-refractivity contribution >= 4 is 16.9 Å². The van der Waals surface area contributed by atoms with Crippen molar-refractivity contribution in [3.8, 4) is 16.8 Å². The lowest BCUT2D eigenvalue weighted by Crippen LogP contribution is -2.35. The van der Waals surface area contributed by atoms with Crippen LogP contribution < -0.4 is 4.90 Å². The molecule has 2 aromatic carbocycles. The Bertz CT molecular complexity index is 1130. The lowest BCUT2D eigenvalue weighted by molar-refractivity contribution is 0.445. The number of hydrogen-bond donors (Lipinski definition) is 0. The van der Waals surface area contributed by atoms with E-state index in [0.29, 0.717) is 5.92 Å². The zero-order valence-electron chi connectivity index (χ0n) is 16.4. The van der Waals surface area contributed by atoms with Crippen LogP contribution in [-0.2, 0) is 0 Å². The van der Waals surface area contributed by atoms with Crippen LogP contribution in [0.15, 0.2) is 67.1 Å². The highest BCUT2D eigenvalue weighted by Gasteiger charge is 2.24. The van der Waals surface area contributed by atoms with Crippen LogP contribution in [0.4, 0.5) is 10.2 Å². The zero-order chi connectivity index (χ0) is 19.8. The number of hydrogen-bond acceptors (Lipinski definition) is 3. The van der Waals surface area contributed by atoms with Gasteiger partial charge in [-0.2, -0.15) is 0 Å². The molecular formula is C24H23FN4. The molecule has 0 N–H and O–H groups in total. The molecule has 1 aliphatic heterocycles. The smallest absolute Gasteiger partial charge is 0.150 e. The fourth-order valence-electron chi connectivity index (χ4n) is 4.30. The van der Waals surface area contributed by atoms with Gasteiger partial charge >= 0.3 is 0 Å². The van der Waals surface area contributed by atoms with Gasteiger partial charge in [0.15, 0.2) is 5.65 Å². The highest BCUT2D eigenvalue weighted by atomic mass is 19.1. The first-order valence-electron chi connectivity index (χ1n) is 10.1. The van der Waals surface area contributed by atoms with E-state index in [4.69, 9.17) is 4.98 Å². The molecule has 1 saturated heterocycles. The second kappa shape index (κ2) is 7.32. The van der Waals surface area contributed by atoms with Crippen LogP contribution in [0, 0.1) is 11.7 Å². The minimum atomic E-state index is -0.244. The summed E-state index contributed by atoms with van der Waals surface area (Å²) in [6.45, 7) is 4.31. The second-order valence-electron chi connectivity index (χ2n) is 7.84. The summed E-state index contributed by atoms with van der Waals surface area (Å²) < 4.78 is 15.5. The molecule has 1 unspecified atom stereocenters. The Morgan fingerprint density at radius 1 is 1.00 bits per heavy atom. The Hall–Kier alpha value is -3.21. The lowest BCUT2D eigenvalue weighted by Gasteiger charge is -2.32. The van der Waals surface area contributed by atoms with Crippen LogP contribution in [0.3, 0.4) is 0 Å². The minimum absolute atomic E-state index is 0.244. The molecular weight excluding hydrogens is 363 g/mol. The molecule has 2 aromatic heterocycles. The fraction of sp³-hybridized carbons (Fsp3) is 0.250. The van der Waals surface area contributed by atoms with E-state index in [1.807, 2.05) is 22.8 Å². The Morgan fingerprint density at radius 3 is 2.55 bits per heavy atom. The van der Waals surface area contributed by atoms with Gasteiger partial charge in [-0.05, 0) is 48.6 Å². The first-order chi connectivity index (χ1) is 14.2. The van der Waals surface area contributed by atoms with Crippen LogP contribution in [0.5, 0.6) is 0 Å². The highest BCUT2D eigenvalue weighted by Crippen LogP contribution is 2.37. The zero-order valence-corrected chi connectivity index (χ0v) is 16.4. The van der Waals surface area contributed by atoms with E-state index in [-0.39, 0.29) is 5.82 Å². The van der Waals surface area contributed by atoms with Crippen molar-refractivity contribution in [3.05, 3.63) is 72.9 Å². The van der Waals surface area contributed by atoms with Gasteiger partial charge in [0.25, 0.3) is 0 Å². The number of halogens is 1. The highest BCUT2D eigenvalue weighted by molar-refractivity contribution is 6.02. The van der Waals surface area contributed by atoms with Gasteiger partial charge < -0.3 is 9.47 Å². The summed E-state index contributed by atoms with van der Waals surface area (Å²) in [5.41, 5.74) is 3.95. The summed E-state index contributed by atoms with van der Waals surface area (Å²) in [6.07, 6.45) is 6.17. The molecule has 4 nitrogen and oxygen atoms in total. The molecule has 0 spiro atoms. The summed E-state index contributed by atoms with van der Waals surface area (Å²) in [7, 11) is 0. The standard InChI is InChI=1S/C24H23FN4/c1-17-6-5-13-28(14-17)23-22-21(18-7-3-2-4-8-18)15-29(24(22)27-16-26-23)20-11-9-19(25)10-12-20/h2-4,7-12,15-17H,5-6,13-14H2,1H3. The molecule has 0 aliphatic carbocycles. The minimum Gasteiger partial charge on any atom is -0.356 e. The number of nitrogens with zero attached hydrogens (tertiary/aromatic N) is 4. The van der Waals surface area contributed by atoms with Crippen molar-refractivity contribution in [1.29, 1.82) is 0 Å². The van der Waals surface area contributed by atoms with Crippen LogP contribution in [0.1, 0.15) is 19.8 Å². The quantitative estimate of drug-likeness (QED) is 0.469. The number of anilines is 1. The maximum absolute atomic E-state index is 13.5. The molecule has 0 bridgehead atoms. The van der Waals surface area contributed by atoms with Gasteiger partial charge in [0.2, 0.25) is 0 Å². The predicted octanol–water partition coefficient (Wildman–Crippen LogP) is 5.46. The van der Waals surface area contributed by atoms with Gasteiger partial charge in [-0.25, -0.2) is 14.4 Å². The van der Waals surface area contributed by atoms with E-state index in [9.17, 15) is 4.39 Å².